The predicted octanol–water partition coefficient (Wildman–Crippen LogP) is 1.80. The van der Waals surface area contributed by atoms with Gasteiger partial charge < -0.3 is 10.6 Å². The number of anilines is 1. The standard InChI is InChI=1S/C11H13FN4S/c12-7-3-8(13-4-7)5-14-11-10-9(1-2-17-10)15-6-16-11/h1-2,6-8,13H,3-5H2,(H,14,15,16)/t7-,8-/m0/s1. The number of aromatic nitrogens is 2. The molecule has 1 aliphatic rings. The van der Waals surface area contributed by atoms with Crippen LogP contribution in [-0.2, 0) is 0 Å². The summed E-state index contributed by atoms with van der Waals surface area (Å²) in [6.07, 6.45) is 1.41. The molecule has 1 fully saturated rings. The smallest absolute Gasteiger partial charge is 0.147 e. The first kappa shape index (κ1) is 10.9. The zero-order valence-electron chi connectivity index (χ0n) is 9.19. The quantitative estimate of drug-likeness (QED) is 0.874. The van der Waals surface area contributed by atoms with Crippen LogP contribution in [0.15, 0.2) is 17.8 Å². The van der Waals surface area contributed by atoms with Gasteiger partial charge in [0.2, 0.25) is 0 Å². The molecule has 0 amide bonds. The Bertz CT molecular complexity index is 515. The molecule has 0 radical (unpaired) electrons. The molecule has 3 rings (SSSR count). The molecule has 3 heterocycles. The molecule has 4 nitrogen and oxygen atoms in total. The molecular weight excluding hydrogens is 239 g/mol. The minimum Gasteiger partial charge on any atom is -0.367 e. The normalized spacial score (nSPS) is 24.3. The number of nitrogens with zero attached hydrogens (tertiary/aromatic N) is 2. The summed E-state index contributed by atoms with van der Waals surface area (Å²) in [5.41, 5.74) is 0.954. The number of hydrogen-bond donors (Lipinski definition) is 2. The van der Waals surface area contributed by atoms with Crippen molar-refractivity contribution in [2.75, 3.05) is 18.4 Å². The van der Waals surface area contributed by atoms with Crippen molar-refractivity contribution in [1.82, 2.24) is 15.3 Å². The SMILES string of the molecule is F[C@@H]1CN[C@H](CNc2ncnc3ccsc23)C1. The molecule has 1 saturated heterocycles. The zero-order valence-corrected chi connectivity index (χ0v) is 10.0. The fourth-order valence-corrected chi connectivity index (χ4v) is 2.87. The third kappa shape index (κ3) is 2.23. The molecule has 1 aliphatic heterocycles. The molecule has 17 heavy (non-hydrogen) atoms. The van der Waals surface area contributed by atoms with Crippen LogP contribution in [0.2, 0.25) is 0 Å². The van der Waals surface area contributed by atoms with Crippen LogP contribution in [-0.4, -0.2) is 35.3 Å². The molecule has 6 heteroatoms. The maximum Gasteiger partial charge on any atom is 0.147 e. The molecule has 0 aliphatic carbocycles. The van der Waals surface area contributed by atoms with Gasteiger partial charge in [-0.3, -0.25) is 0 Å². The fraction of sp³-hybridized carbons (Fsp3) is 0.455. The van der Waals surface area contributed by atoms with Crippen LogP contribution in [0.4, 0.5) is 10.2 Å². The van der Waals surface area contributed by atoms with E-state index in [9.17, 15) is 4.39 Å². The van der Waals surface area contributed by atoms with Gasteiger partial charge in [-0.05, 0) is 17.9 Å². The lowest BCUT2D eigenvalue weighted by Crippen LogP contribution is -2.29. The van der Waals surface area contributed by atoms with E-state index in [0.29, 0.717) is 19.5 Å². The van der Waals surface area contributed by atoms with Crippen LogP contribution in [0.5, 0.6) is 0 Å². The second kappa shape index (κ2) is 4.54. The van der Waals surface area contributed by atoms with E-state index in [4.69, 9.17) is 0 Å². The topological polar surface area (TPSA) is 49.8 Å². The first-order chi connectivity index (χ1) is 8.33. The maximum atomic E-state index is 13.0. The van der Waals surface area contributed by atoms with E-state index < -0.39 is 6.17 Å². The molecule has 2 N–H and O–H groups in total. The van der Waals surface area contributed by atoms with Gasteiger partial charge in [-0.25, -0.2) is 14.4 Å². The van der Waals surface area contributed by atoms with Crippen molar-refractivity contribution in [3.8, 4) is 0 Å². The number of alkyl halides is 1. The van der Waals surface area contributed by atoms with E-state index in [0.717, 1.165) is 16.0 Å². The number of hydrogen-bond acceptors (Lipinski definition) is 5. The van der Waals surface area contributed by atoms with E-state index in [1.807, 2.05) is 11.4 Å². The van der Waals surface area contributed by atoms with Crippen molar-refractivity contribution in [2.24, 2.45) is 0 Å². The Labute approximate surface area is 102 Å². The van der Waals surface area contributed by atoms with Gasteiger partial charge in [0.25, 0.3) is 0 Å². The maximum absolute atomic E-state index is 13.0. The lowest BCUT2D eigenvalue weighted by atomic mass is 10.2. The van der Waals surface area contributed by atoms with Crippen LogP contribution in [0, 0.1) is 0 Å². The van der Waals surface area contributed by atoms with Crippen molar-refractivity contribution < 1.29 is 4.39 Å². The molecule has 0 bridgehead atoms. The molecule has 2 atom stereocenters. The third-order valence-electron chi connectivity index (χ3n) is 2.93. The van der Waals surface area contributed by atoms with Gasteiger partial charge in [-0.2, -0.15) is 0 Å². The van der Waals surface area contributed by atoms with E-state index in [1.165, 1.54) is 0 Å². The second-order valence-corrected chi connectivity index (χ2v) is 5.09. The average Bonchev–Trinajstić information content (AvgIpc) is 2.94. The highest BCUT2D eigenvalue weighted by atomic mass is 32.1. The Morgan fingerprint density at radius 2 is 2.47 bits per heavy atom. The first-order valence-corrected chi connectivity index (χ1v) is 6.50. The molecule has 2 aromatic rings. The minimum absolute atomic E-state index is 0.190. The summed E-state index contributed by atoms with van der Waals surface area (Å²) in [6.45, 7) is 1.16. The average molecular weight is 252 g/mol. The highest BCUT2D eigenvalue weighted by Crippen LogP contribution is 2.24. The monoisotopic (exact) mass is 252 g/mol. The van der Waals surface area contributed by atoms with Gasteiger partial charge in [-0.15, -0.1) is 11.3 Å². The van der Waals surface area contributed by atoms with Crippen LogP contribution in [0.3, 0.4) is 0 Å². The second-order valence-electron chi connectivity index (χ2n) is 4.18. The Kier molecular flexibility index (Phi) is 2.90. The van der Waals surface area contributed by atoms with Crippen molar-refractivity contribution in [1.29, 1.82) is 0 Å². The molecule has 2 aromatic heterocycles. The summed E-state index contributed by atoms with van der Waals surface area (Å²) >= 11 is 1.61. The van der Waals surface area contributed by atoms with Gasteiger partial charge >= 0.3 is 0 Å². The highest BCUT2D eigenvalue weighted by molar-refractivity contribution is 7.17. The minimum atomic E-state index is -0.714. The summed E-state index contributed by atoms with van der Waals surface area (Å²) in [7, 11) is 0. The molecule has 0 spiro atoms. The summed E-state index contributed by atoms with van der Waals surface area (Å²) in [5, 5.41) is 8.40. The Balaban J connectivity index is 1.70. The van der Waals surface area contributed by atoms with Gasteiger partial charge in [0.1, 0.15) is 18.3 Å². The van der Waals surface area contributed by atoms with E-state index in [-0.39, 0.29) is 6.04 Å². The van der Waals surface area contributed by atoms with Gasteiger partial charge in [0.15, 0.2) is 0 Å². The van der Waals surface area contributed by atoms with E-state index >= 15 is 0 Å². The molecule has 0 unspecified atom stereocenters. The van der Waals surface area contributed by atoms with Gasteiger partial charge in [0, 0.05) is 19.1 Å². The fourth-order valence-electron chi connectivity index (χ4n) is 2.06. The lowest BCUT2D eigenvalue weighted by molar-refractivity contribution is 0.356. The number of thiophene rings is 1. The Morgan fingerprint density at radius 1 is 1.53 bits per heavy atom. The molecule has 0 saturated carbocycles. The molecule has 0 aromatic carbocycles. The summed E-state index contributed by atoms with van der Waals surface area (Å²) in [5.74, 6) is 0.842. The lowest BCUT2D eigenvalue weighted by Gasteiger charge is -2.11. The van der Waals surface area contributed by atoms with Crippen LogP contribution in [0.25, 0.3) is 10.2 Å². The van der Waals surface area contributed by atoms with Gasteiger partial charge in [-0.1, -0.05) is 0 Å². The summed E-state index contributed by atoms with van der Waals surface area (Å²) in [4.78, 5) is 8.40. The molecule has 90 valence electrons. The van der Waals surface area contributed by atoms with Crippen molar-refractivity contribution in [3.63, 3.8) is 0 Å². The van der Waals surface area contributed by atoms with Crippen LogP contribution < -0.4 is 10.6 Å². The Morgan fingerprint density at radius 3 is 3.29 bits per heavy atom. The largest absolute Gasteiger partial charge is 0.367 e. The number of nitrogens with one attached hydrogen (secondary N) is 2. The first-order valence-electron chi connectivity index (χ1n) is 5.62. The third-order valence-corrected chi connectivity index (χ3v) is 3.84. The van der Waals surface area contributed by atoms with E-state index in [1.54, 1.807) is 17.7 Å². The Hall–Kier alpha value is -1.27. The van der Waals surface area contributed by atoms with Crippen molar-refractivity contribution >= 4 is 27.4 Å². The number of halogens is 1. The van der Waals surface area contributed by atoms with E-state index in [2.05, 4.69) is 20.6 Å². The zero-order chi connectivity index (χ0) is 11.7. The predicted molar refractivity (Wildman–Crippen MR) is 67.2 cm³/mol. The number of rotatable bonds is 3. The van der Waals surface area contributed by atoms with Crippen LogP contribution >= 0.6 is 11.3 Å². The van der Waals surface area contributed by atoms with Crippen LogP contribution in [0.1, 0.15) is 6.42 Å². The molecular formula is C11H13FN4S. The number of fused-ring (bicyclic) bond motifs is 1. The summed E-state index contributed by atoms with van der Waals surface area (Å²) < 4.78 is 14.0. The summed E-state index contributed by atoms with van der Waals surface area (Å²) in [6, 6.07) is 2.16. The highest BCUT2D eigenvalue weighted by Gasteiger charge is 2.23. The van der Waals surface area contributed by atoms with Gasteiger partial charge in [0.05, 0.1) is 10.2 Å². The van der Waals surface area contributed by atoms with Crippen molar-refractivity contribution in [3.05, 3.63) is 17.8 Å². The van der Waals surface area contributed by atoms with Crippen molar-refractivity contribution in [2.45, 2.75) is 18.6 Å².